The van der Waals surface area contributed by atoms with Crippen molar-refractivity contribution in [1.82, 2.24) is 33.9 Å². The highest BCUT2D eigenvalue weighted by atomic mass is 32.2. The zero-order chi connectivity index (χ0) is 29.7. The zero-order valence-electron chi connectivity index (χ0n) is 23.1. The smallest absolute Gasteiger partial charge is 0.309 e. The monoisotopic (exact) mass is 624 g/mol. The number of thiazole rings is 1. The fourth-order valence-electron chi connectivity index (χ4n) is 5.86. The number of nitrogen functional groups attached to an aromatic ring is 1. The number of furan rings is 1. The maximum atomic E-state index is 15.2. The molecule has 0 unspecified atom stereocenters. The van der Waals surface area contributed by atoms with Crippen LogP contribution in [0.5, 0.6) is 0 Å². The first-order valence-electron chi connectivity index (χ1n) is 14.1. The van der Waals surface area contributed by atoms with E-state index in [9.17, 15) is 13.8 Å². The maximum absolute atomic E-state index is 15.2. The summed E-state index contributed by atoms with van der Waals surface area (Å²) in [6.45, 7) is 3.43. The van der Waals surface area contributed by atoms with Crippen molar-refractivity contribution in [2.75, 3.05) is 50.0 Å². The Hall–Kier alpha value is -3.95. The Morgan fingerprint density at radius 3 is 2.60 bits per heavy atom. The minimum Gasteiger partial charge on any atom is -0.461 e. The molecule has 2 saturated heterocycles. The molecule has 0 spiro atoms. The number of halogens is 1. The third-order valence-corrected chi connectivity index (χ3v) is 10.5. The summed E-state index contributed by atoms with van der Waals surface area (Å²) in [5, 5.41) is 4.39. The molecule has 4 aromatic heterocycles. The van der Waals surface area contributed by atoms with E-state index in [0.29, 0.717) is 76.4 Å². The lowest BCUT2D eigenvalue weighted by Gasteiger charge is -2.32. The van der Waals surface area contributed by atoms with Crippen LogP contribution < -0.4 is 10.6 Å². The van der Waals surface area contributed by atoms with Crippen molar-refractivity contribution in [3.05, 3.63) is 63.2 Å². The van der Waals surface area contributed by atoms with Crippen LogP contribution in [-0.4, -0.2) is 88.3 Å². The molecule has 0 atom stereocenters. The van der Waals surface area contributed by atoms with Crippen LogP contribution in [0.4, 0.5) is 10.3 Å². The van der Waals surface area contributed by atoms with Gasteiger partial charge in [-0.15, -0.1) is 5.10 Å². The molecule has 15 heteroatoms. The van der Waals surface area contributed by atoms with Crippen molar-refractivity contribution in [3.63, 3.8) is 0 Å². The van der Waals surface area contributed by atoms with Crippen LogP contribution in [0.25, 0.3) is 27.6 Å². The molecule has 0 bridgehead atoms. The number of amides is 1. The molecule has 1 aromatic carbocycles. The quantitative estimate of drug-likeness (QED) is 0.301. The lowest BCUT2D eigenvalue weighted by molar-refractivity contribution is 0.0770. The summed E-state index contributed by atoms with van der Waals surface area (Å²) in [6, 6.07) is 8.27. The van der Waals surface area contributed by atoms with Gasteiger partial charge in [-0.25, -0.2) is 9.37 Å². The van der Waals surface area contributed by atoms with Gasteiger partial charge in [0.1, 0.15) is 10.5 Å². The largest absolute Gasteiger partial charge is 0.461 e. The van der Waals surface area contributed by atoms with Crippen LogP contribution in [0, 0.1) is 5.82 Å². The summed E-state index contributed by atoms with van der Waals surface area (Å²) in [7, 11) is -0.882. The number of benzene rings is 1. The predicted molar refractivity (Wildman–Crippen MR) is 161 cm³/mol. The number of carbonyl (C=O) groups is 1. The van der Waals surface area contributed by atoms with Crippen LogP contribution in [0.15, 0.2) is 45.8 Å². The van der Waals surface area contributed by atoms with Gasteiger partial charge >= 0.3 is 4.87 Å². The summed E-state index contributed by atoms with van der Waals surface area (Å²) >= 11 is 1.06. The molecular weight excluding hydrogens is 595 g/mol. The molecule has 43 heavy (non-hydrogen) atoms. The van der Waals surface area contributed by atoms with Crippen molar-refractivity contribution in [3.8, 4) is 11.6 Å². The molecule has 2 fully saturated rings. The normalized spacial score (nSPS) is 17.4. The molecule has 12 nitrogen and oxygen atoms in total. The minimum absolute atomic E-state index is 0.0496. The second-order valence-electron chi connectivity index (χ2n) is 10.8. The lowest BCUT2D eigenvalue weighted by Crippen LogP contribution is -2.41. The molecule has 2 N–H and O–H groups in total. The van der Waals surface area contributed by atoms with Gasteiger partial charge in [0.25, 0.3) is 5.91 Å². The Morgan fingerprint density at radius 1 is 1.09 bits per heavy atom. The predicted octanol–water partition coefficient (Wildman–Crippen LogP) is 2.57. The molecule has 2 aliphatic rings. The number of anilines is 1. The highest BCUT2D eigenvalue weighted by molar-refractivity contribution is 7.85. The van der Waals surface area contributed by atoms with Gasteiger partial charge < -0.3 is 20.0 Å². The number of rotatable bonds is 6. The zero-order valence-corrected chi connectivity index (χ0v) is 24.8. The minimum atomic E-state index is -0.882. The number of aromatic nitrogens is 5. The van der Waals surface area contributed by atoms with Crippen LogP contribution >= 0.6 is 11.3 Å². The Balaban J connectivity index is 1.01. The number of carbonyl (C=O) groups excluding carboxylic acids is 1. The molecule has 0 aliphatic carbocycles. The van der Waals surface area contributed by atoms with E-state index in [1.807, 2.05) is 0 Å². The number of piperidine rings is 1. The van der Waals surface area contributed by atoms with Crippen LogP contribution in [-0.2, 0) is 17.3 Å². The average molecular weight is 625 g/mol. The van der Waals surface area contributed by atoms with Crippen molar-refractivity contribution in [1.29, 1.82) is 0 Å². The highest BCUT2D eigenvalue weighted by Crippen LogP contribution is 2.31. The maximum Gasteiger partial charge on any atom is 0.309 e. The van der Waals surface area contributed by atoms with Crippen LogP contribution in [0.3, 0.4) is 0 Å². The number of nitrogens with two attached hydrogens (primary N) is 1. The fourth-order valence-corrected chi connectivity index (χ4v) is 7.84. The number of likely N-dealkylation sites (tertiary alicyclic amines) is 1. The number of hydrogen-bond acceptors (Lipinski definition) is 10. The van der Waals surface area contributed by atoms with E-state index in [0.717, 1.165) is 37.3 Å². The van der Waals surface area contributed by atoms with Crippen molar-refractivity contribution in [2.24, 2.45) is 0 Å². The summed E-state index contributed by atoms with van der Waals surface area (Å²) in [6.07, 6.45) is 3.07. The Bertz CT molecular complexity index is 1900. The summed E-state index contributed by atoms with van der Waals surface area (Å²) in [4.78, 5) is 38.6. The van der Waals surface area contributed by atoms with Gasteiger partial charge in [-0.1, -0.05) is 17.4 Å². The van der Waals surface area contributed by atoms with E-state index >= 15 is 4.39 Å². The Labute approximate surface area is 251 Å². The van der Waals surface area contributed by atoms with Gasteiger partial charge in [-0.3, -0.25) is 18.4 Å². The van der Waals surface area contributed by atoms with E-state index in [1.165, 1.54) is 16.8 Å². The van der Waals surface area contributed by atoms with Gasteiger partial charge in [0.2, 0.25) is 11.8 Å². The molecular formula is C28H29FN8O4S2. The van der Waals surface area contributed by atoms with Crippen LogP contribution in [0.1, 0.15) is 34.7 Å². The van der Waals surface area contributed by atoms with Gasteiger partial charge in [0, 0.05) is 54.0 Å². The number of nitrogens with zero attached hydrogens (tertiary/aromatic N) is 7. The molecule has 2 aliphatic heterocycles. The Morgan fingerprint density at radius 2 is 1.88 bits per heavy atom. The topological polar surface area (TPSA) is 145 Å². The molecule has 6 heterocycles. The van der Waals surface area contributed by atoms with Crippen molar-refractivity contribution in [2.45, 2.75) is 25.3 Å². The SMILES string of the molecule is Nc1nc2c(sc(=O)n2CCN2CCC(c3ccc(C(=O)N4CCS(=O)CC4)cc3F)CC2)c2nc(-c3ccco3)nn12. The molecule has 1 amide bonds. The summed E-state index contributed by atoms with van der Waals surface area (Å²) < 4.78 is 35.8. The van der Waals surface area contributed by atoms with Gasteiger partial charge in [0.05, 0.1) is 6.26 Å². The average Bonchev–Trinajstić information content (AvgIpc) is 3.76. The highest BCUT2D eigenvalue weighted by Gasteiger charge is 2.26. The van der Waals surface area contributed by atoms with E-state index in [2.05, 4.69) is 20.0 Å². The van der Waals surface area contributed by atoms with E-state index in [4.69, 9.17) is 10.2 Å². The third kappa shape index (κ3) is 5.25. The summed E-state index contributed by atoms with van der Waals surface area (Å²) in [5.41, 5.74) is 8.08. The van der Waals surface area contributed by atoms with E-state index < -0.39 is 10.8 Å². The molecule has 7 rings (SSSR count). The van der Waals surface area contributed by atoms with Crippen molar-refractivity contribution >= 4 is 50.0 Å². The first kappa shape index (κ1) is 27.9. The van der Waals surface area contributed by atoms with Gasteiger partial charge in [-0.2, -0.15) is 9.50 Å². The standard InChI is InChI=1S/C28H29FN8O4S2/c29-20-16-18(26(38)35-11-14-43(40)15-12-35)3-4-19(20)17-5-7-34(8-6-17)9-10-36-24-22(42-28(36)39)25-31-23(21-2-1-13-41-21)33-37(25)27(30)32-24/h1-4,13,16-17H,5-12,14-15H2,(H2,30,32). The molecule has 0 saturated carbocycles. The lowest BCUT2D eigenvalue weighted by atomic mass is 9.88. The second-order valence-corrected chi connectivity index (χ2v) is 13.4. The summed E-state index contributed by atoms with van der Waals surface area (Å²) in [5.74, 6) is 1.38. The fraction of sp³-hybridized carbons (Fsp3) is 0.393. The molecule has 5 aromatic rings. The second kappa shape index (κ2) is 11.3. The number of fused-ring (bicyclic) bond motifs is 3. The van der Waals surface area contributed by atoms with E-state index in [-0.39, 0.29) is 28.5 Å². The first-order valence-corrected chi connectivity index (χ1v) is 16.4. The van der Waals surface area contributed by atoms with Crippen LogP contribution in [0.2, 0.25) is 0 Å². The van der Waals surface area contributed by atoms with Crippen molar-refractivity contribution < 1.29 is 17.8 Å². The van der Waals surface area contributed by atoms with Gasteiger partial charge in [-0.05, 0) is 61.7 Å². The third-order valence-electron chi connectivity index (χ3n) is 8.24. The Kier molecular flexibility index (Phi) is 7.31. The molecule has 0 radical (unpaired) electrons. The molecule has 224 valence electrons. The first-order chi connectivity index (χ1) is 20.9. The van der Waals surface area contributed by atoms with Gasteiger partial charge in [0.15, 0.2) is 17.1 Å². The number of hydrogen-bond donors (Lipinski definition) is 1. The van der Waals surface area contributed by atoms with E-state index in [1.54, 1.807) is 33.7 Å².